The molecule has 0 fully saturated rings. The second-order valence-corrected chi connectivity index (χ2v) is 6.99. The molecule has 0 amide bonds. The van der Waals surface area contributed by atoms with Crippen molar-refractivity contribution in [1.29, 1.82) is 0 Å². The third-order valence-corrected chi connectivity index (χ3v) is 4.17. The van der Waals surface area contributed by atoms with Gasteiger partial charge in [0.25, 0.3) is 0 Å². The fourth-order valence-electron chi connectivity index (χ4n) is 2.39. The molecule has 4 aromatic rings. The minimum atomic E-state index is -1.10. The monoisotopic (exact) mass is 600 g/mol. The maximum absolute atomic E-state index is 10.3. The van der Waals surface area contributed by atoms with Crippen LogP contribution in [0.25, 0.3) is 0 Å². The normalized spacial score (nSPS) is 8.98. The molecule has 212 valence electrons. The summed E-state index contributed by atoms with van der Waals surface area (Å²) in [6, 6.07) is 12.3. The number of carbonyl (C=O) groups is 4. The van der Waals surface area contributed by atoms with Crippen molar-refractivity contribution in [1.82, 2.24) is 19.9 Å². The number of rotatable bonds is 4. The van der Waals surface area contributed by atoms with E-state index in [1.165, 1.54) is 49.1 Å². The topological polar surface area (TPSA) is 305 Å². The Kier molecular flexibility index (Phi) is 15.4. The SMILES string of the molecule is Nc1cccnc1C(=O)O.Nc1cccnc1C(=O)O.Nc1cccnc1C(=O)O.Nc1cccnc1C(=O)O.[Ti]. The summed E-state index contributed by atoms with van der Waals surface area (Å²) < 4.78 is 0. The number of nitrogens with two attached hydrogens (primary N) is 4. The maximum Gasteiger partial charge on any atom is 0.356 e. The Bertz CT molecular complexity index is 1270. The van der Waals surface area contributed by atoms with Gasteiger partial charge in [0, 0.05) is 46.5 Å². The first-order chi connectivity index (χ1) is 18.9. The predicted octanol–water partition coefficient (Wildman–Crippen LogP) is 1.45. The van der Waals surface area contributed by atoms with Gasteiger partial charge < -0.3 is 43.4 Å². The molecule has 4 rings (SSSR count). The molecule has 0 aromatic carbocycles. The summed E-state index contributed by atoms with van der Waals surface area (Å²) in [5, 5.41) is 33.7. The van der Waals surface area contributed by atoms with Crippen molar-refractivity contribution >= 4 is 46.6 Å². The molecule has 17 heteroatoms. The zero-order chi connectivity index (χ0) is 30.2. The Morgan fingerprint density at radius 3 is 0.707 bits per heavy atom. The largest absolute Gasteiger partial charge is 0.476 e. The van der Waals surface area contributed by atoms with E-state index in [1.54, 1.807) is 24.3 Å². The molecule has 0 radical (unpaired) electrons. The number of aromatic nitrogens is 4. The quantitative estimate of drug-likeness (QED) is 0.154. The Labute approximate surface area is 246 Å². The summed E-state index contributed by atoms with van der Waals surface area (Å²) in [5.41, 5.74) is 21.5. The Morgan fingerprint density at radius 2 is 0.610 bits per heavy atom. The van der Waals surface area contributed by atoms with Gasteiger partial charge in [0.05, 0.1) is 22.7 Å². The fraction of sp³-hybridized carbons (Fsp3) is 0. The van der Waals surface area contributed by atoms with Gasteiger partial charge in [-0.3, -0.25) is 0 Å². The second kappa shape index (κ2) is 17.8. The summed E-state index contributed by atoms with van der Waals surface area (Å²) in [5.74, 6) is -4.40. The molecule has 0 aliphatic heterocycles. The summed E-state index contributed by atoms with van der Waals surface area (Å²) in [7, 11) is 0. The van der Waals surface area contributed by atoms with Crippen LogP contribution >= 0.6 is 0 Å². The number of nitrogen functional groups attached to an aromatic ring is 4. The molecule has 0 unspecified atom stereocenters. The van der Waals surface area contributed by atoms with Crippen LogP contribution in [0, 0.1) is 0 Å². The molecule has 0 saturated heterocycles. The summed E-state index contributed by atoms with van der Waals surface area (Å²) >= 11 is 0. The van der Waals surface area contributed by atoms with Crippen LogP contribution in [-0.4, -0.2) is 64.2 Å². The standard InChI is InChI=1S/4C6H6N2O2.Ti/c4*7-4-2-1-3-8-5(4)6(9)10;/h4*1-3H,7H2,(H,9,10);. The van der Waals surface area contributed by atoms with Gasteiger partial charge in [-0.15, -0.1) is 0 Å². The van der Waals surface area contributed by atoms with Gasteiger partial charge in [0.1, 0.15) is 0 Å². The van der Waals surface area contributed by atoms with Crippen molar-refractivity contribution in [2.24, 2.45) is 0 Å². The zero-order valence-electron chi connectivity index (χ0n) is 20.9. The smallest absolute Gasteiger partial charge is 0.356 e. The van der Waals surface area contributed by atoms with Crippen LogP contribution in [0.15, 0.2) is 73.3 Å². The number of aromatic carboxylic acids is 4. The van der Waals surface area contributed by atoms with Crippen molar-refractivity contribution < 1.29 is 61.3 Å². The molecule has 0 bridgehead atoms. The summed E-state index contributed by atoms with van der Waals surface area (Å²) in [4.78, 5) is 55.3. The molecule has 0 aliphatic rings. The van der Waals surface area contributed by atoms with E-state index >= 15 is 0 Å². The molecule has 4 aromatic heterocycles. The average Bonchev–Trinajstić information content (AvgIpc) is 2.90. The van der Waals surface area contributed by atoms with Crippen LogP contribution in [0.5, 0.6) is 0 Å². The van der Waals surface area contributed by atoms with Crippen molar-refractivity contribution in [3.63, 3.8) is 0 Å². The molecule has 12 N–H and O–H groups in total. The van der Waals surface area contributed by atoms with Crippen LogP contribution in [0.1, 0.15) is 42.0 Å². The van der Waals surface area contributed by atoms with E-state index < -0.39 is 23.9 Å². The number of pyridine rings is 4. The van der Waals surface area contributed by atoms with Crippen molar-refractivity contribution in [3.05, 3.63) is 96.1 Å². The molecule has 41 heavy (non-hydrogen) atoms. The first kappa shape index (κ1) is 35.4. The van der Waals surface area contributed by atoms with Gasteiger partial charge in [-0.25, -0.2) is 39.1 Å². The summed E-state index contributed by atoms with van der Waals surface area (Å²) in [6.45, 7) is 0. The first-order valence-corrected chi connectivity index (χ1v) is 10.6. The van der Waals surface area contributed by atoms with E-state index in [4.69, 9.17) is 43.4 Å². The number of anilines is 4. The van der Waals surface area contributed by atoms with Gasteiger partial charge in [0.15, 0.2) is 22.8 Å². The number of carboxylic acid groups (broad SMARTS) is 4. The molecule has 0 spiro atoms. The number of carboxylic acids is 4. The van der Waals surface area contributed by atoms with Crippen LogP contribution in [0.3, 0.4) is 0 Å². The minimum absolute atomic E-state index is 0. The van der Waals surface area contributed by atoms with E-state index in [2.05, 4.69) is 19.9 Å². The Hall–Kier alpha value is -5.61. The van der Waals surface area contributed by atoms with Crippen LogP contribution < -0.4 is 22.9 Å². The van der Waals surface area contributed by atoms with E-state index in [-0.39, 0.29) is 67.2 Å². The fourth-order valence-corrected chi connectivity index (χ4v) is 2.39. The molecule has 16 nitrogen and oxygen atoms in total. The Morgan fingerprint density at radius 1 is 0.439 bits per heavy atom. The molecule has 0 aliphatic carbocycles. The van der Waals surface area contributed by atoms with E-state index in [1.807, 2.05) is 0 Å². The van der Waals surface area contributed by atoms with Crippen molar-refractivity contribution in [2.75, 3.05) is 22.9 Å². The van der Waals surface area contributed by atoms with Crippen LogP contribution in [0.4, 0.5) is 22.7 Å². The molecule has 0 saturated carbocycles. The van der Waals surface area contributed by atoms with E-state index in [9.17, 15) is 19.2 Å². The second-order valence-electron chi connectivity index (χ2n) is 6.99. The summed E-state index contributed by atoms with van der Waals surface area (Å²) in [6.07, 6.45) is 5.55. The van der Waals surface area contributed by atoms with Crippen LogP contribution in [-0.2, 0) is 21.7 Å². The van der Waals surface area contributed by atoms with E-state index in [0.717, 1.165) is 0 Å². The first-order valence-electron chi connectivity index (χ1n) is 10.6. The average molecular weight is 600 g/mol. The van der Waals surface area contributed by atoms with Crippen LogP contribution in [0.2, 0.25) is 0 Å². The zero-order valence-corrected chi connectivity index (χ0v) is 22.5. The molecule has 0 atom stereocenters. The number of nitrogens with zero attached hydrogens (tertiary/aromatic N) is 4. The van der Waals surface area contributed by atoms with Gasteiger partial charge in [-0.2, -0.15) is 0 Å². The third kappa shape index (κ3) is 12.2. The van der Waals surface area contributed by atoms with Gasteiger partial charge in [-0.1, -0.05) is 0 Å². The van der Waals surface area contributed by atoms with Gasteiger partial charge in [0.2, 0.25) is 0 Å². The third-order valence-electron chi connectivity index (χ3n) is 4.17. The molecular formula is C24H24N8O8Ti. The number of hydrogen-bond donors (Lipinski definition) is 8. The maximum atomic E-state index is 10.3. The Balaban J connectivity index is 0.000000516. The van der Waals surface area contributed by atoms with Gasteiger partial charge in [-0.05, 0) is 48.5 Å². The van der Waals surface area contributed by atoms with Crippen molar-refractivity contribution in [3.8, 4) is 0 Å². The van der Waals surface area contributed by atoms with E-state index in [0.29, 0.717) is 0 Å². The molecule has 4 heterocycles. The minimum Gasteiger partial charge on any atom is -0.476 e. The van der Waals surface area contributed by atoms with Gasteiger partial charge >= 0.3 is 23.9 Å². The number of hydrogen-bond acceptors (Lipinski definition) is 12. The molecular weight excluding hydrogens is 576 g/mol. The van der Waals surface area contributed by atoms with Crippen molar-refractivity contribution in [2.45, 2.75) is 0 Å². The predicted molar refractivity (Wildman–Crippen MR) is 142 cm³/mol.